The highest BCUT2D eigenvalue weighted by Gasteiger charge is 2.20. The first-order valence-corrected chi connectivity index (χ1v) is 9.41. The number of ether oxygens (including phenoxy) is 1. The van der Waals surface area contributed by atoms with Crippen LogP contribution in [-0.2, 0) is 18.4 Å². The Morgan fingerprint density at radius 3 is 2.36 bits per heavy atom. The minimum absolute atomic E-state index is 0.0181. The Kier molecular flexibility index (Phi) is 5.83. The molecule has 1 aromatic heterocycles. The van der Waals surface area contributed by atoms with E-state index >= 15 is 0 Å². The third-order valence-corrected chi connectivity index (χ3v) is 5.18. The molecule has 0 atom stereocenters. The summed E-state index contributed by atoms with van der Waals surface area (Å²) in [6, 6.07) is 15.6. The molecular weight excluding hydrogens is 350 g/mol. The van der Waals surface area contributed by atoms with Crippen molar-refractivity contribution in [2.45, 2.75) is 34.2 Å². The number of aryl methyl sites for hydroxylation is 4. The van der Waals surface area contributed by atoms with Crippen LogP contribution in [0.15, 0.2) is 48.5 Å². The lowest BCUT2D eigenvalue weighted by atomic mass is 10.1. The Hall–Kier alpha value is -3.08. The monoisotopic (exact) mass is 377 g/mol. The number of amides is 1. The number of benzene rings is 2. The molecular formula is C23H27N3O2. The van der Waals surface area contributed by atoms with E-state index in [4.69, 9.17) is 4.74 Å². The minimum Gasteiger partial charge on any atom is -0.484 e. The summed E-state index contributed by atoms with van der Waals surface area (Å²) in [4.78, 5) is 14.8. The molecule has 5 nitrogen and oxygen atoms in total. The van der Waals surface area contributed by atoms with E-state index in [0.29, 0.717) is 12.3 Å². The Balaban J connectivity index is 1.82. The van der Waals surface area contributed by atoms with Crippen molar-refractivity contribution in [1.82, 2.24) is 9.78 Å². The smallest absolute Gasteiger partial charge is 0.265 e. The highest BCUT2D eigenvalue weighted by atomic mass is 16.5. The zero-order valence-electron chi connectivity index (χ0n) is 17.2. The van der Waals surface area contributed by atoms with Crippen molar-refractivity contribution >= 4 is 11.6 Å². The number of para-hydroxylation sites is 1. The van der Waals surface area contributed by atoms with E-state index in [9.17, 15) is 4.79 Å². The molecule has 5 heteroatoms. The van der Waals surface area contributed by atoms with Gasteiger partial charge in [-0.05, 0) is 63.1 Å². The molecule has 3 rings (SSSR count). The summed E-state index contributed by atoms with van der Waals surface area (Å²) >= 11 is 0. The first-order valence-electron chi connectivity index (χ1n) is 9.41. The molecule has 146 valence electrons. The van der Waals surface area contributed by atoms with E-state index in [0.717, 1.165) is 28.2 Å². The van der Waals surface area contributed by atoms with Gasteiger partial charge in [0, 0.05) is 24.0 Å². The summed E-state index contributed by atoms with van der Waals surface area (Å²) in [7, 11) is 1.92. The SMILES string of the molecule is Cc1ccc(OCC(=O)N(Cc2c(C)nn(C)c2C)c2ccccc2)cc1C. The summed E-state index contributed by atoms with van der Waals surface area (Å²) in [5.41, 5.74) is 6.24. The summed E-state index contributed by atoms with van der Waals surface area (Å²) in [6.07, 6.45) is 0. The van der Waals surface area contributed by atoms with Crippen LogP contribution in [0.5, 0.6) is 5.75 Å². The number of carbonyl (C=O) groups excluding carboxylic acids is 1. The van der Waals surface area contributed by atoms with Crippen molar-refractivity contribution in [3.8, 4) is 5.75 Å². The van der Waals surface area contributed by atoms with Crippen LogP contribution in [0, 0.1) is 27.7 Å². The number of nitrogens with zero attached hydrogens (tertiary/aromatic N) is 3. The van der Waals surface area contributed by atoms with Crippen molar-refractivity contribution in [3.63, 3.8) is 0 Å². The molecule has 0 saturated carbocycles. The van der Waals surface area contributed by atoms with Crippen LogP contribution in [-0.4, -0.2) is 22.3 Å². The second kappa shape index (κ2) is 8.30. The van der Waals surface area contributed by atoms with Gasteiger partial charge in [-0.15, -0.1) is 0 Å². The second-order valence-corrected chi connectivity index (χ2v) is 7.12. The third kappa shape index (κ3) is 4.25. The molecule has 2 aromatic carbocycles. The first-order chi connectivity index (χ1) is 13.4. The summed E-state index contributed by atoms with van der Waals surface area (Å²) in [5.74, 6) is 0.616. The zero-order valence-corrected chi connectivity index (χ0v) is 17.2. The van der Waals surface area contributed by atoms with Gasteiger partial charge in [0.05, 0.1) is 12.2 Å². The Morgan fingerprint density at radius 2 is 1.75 bits per heavy atom. The maximum absolute atomic E-state index is 13.1. The fraction of sp³-hybridized carbons (Fsp3) is 0.304. The van der Waals surface area contributed by atoms with Crippen LogP contribution in [0.25, 0.3) is 0 Å². The van der Waals surface area contributed by atoms with Crippen molar-refractivity contribution in [2.24, 2.45) is 7.05 Å². The van der Waals surface area contributed by atoms with Gasteiger partial charge in [0.15, 0.2) is 6.61 Å². The number of hydrogen-bond donors (Lipinski definition) is 0. The average Bonchev–Trinajstić information content (AvgIpc) is 2.93. The van der Waals surface area contributed by atoms with Crippen LogP contribution in [0.3, 0.4) is 0 Å². The predicted molar refractivity (Wildman–Crippen MR) is 112 cm³/mol. The average molecular weight is 377 g/mol. The van der Waals surface area contributed by atoms with Crippen molar-refractivity contribution < 1.29 is 9.53 Å². The quantitative estimate of drug-likeness (QED) is 0.645. The fourth-order valence-electron chi connectivity index (χ4n) is 3.16. The van der Waals surface area contributed by atoms with E-state index in [2.05, 4.69) is 12.0 Å². The van der Waals surface area contributed by atoms with E-state index in [1.165, 1.54) is 5.56 Å². The fourth-order valence-corrected chi connectivity index (χ4v) is 3.16. The van der Waals surface area contributed by atoms with Crippen molar-refractivity contribution in [2.75, 3.05) is 11.5 Å². The minimum atomic E-state index is -0.0907. The van der Waals surface area contributed by atoms with Crippen LogP contribution >= 0.6 is 0 Å². The van der Waals surface area contributed by atoms with Gasteiger partial charge in [0.25, 0.3) is 5.91 Å². The molecule has 1 amide bonds. The molecule has 1 heterocycles. The van der Waals surface area contributed by atoms with Crippen LogP contribution in [0.1, 0.15) is 28.1 Å². The maximum Gasteiger partial charge on any atom is 0.265 e. The lowest BCUT2D eigenvalue weighted by molar-refractivity contribution is -0.120. The second-order valence-electron chi connectivity index (χ2n) is 7.12. The topological polar surface area (TPSA) is 47.4 Å². The highest BCUT2D eigenvalue weighted by Crippen LogP contribution is 2.22. The van der Waals surface area contributed by atoms with Crippen molar-refractivity contribution in [3.05, 3.63) is 76.6 Å². The van der Waals surface area contributed by atoms with Gasteiger partial charge < -0.3 is 9.64 Å². The number of hydrogen-bond acceptors (Lipinski definition) is 3. The summed E-state index contributed by atoms with van der Waals surface area (Å²) in [6.45, 7) is 8.53. The highest BCUT2D eigenvalue weighted by molar-refractivity contribution is 5.94. The summed E-state index contributed by atoms with van der Waals surface area (Å²) < 4.78 is 7.65. The standard InChI is InChI=1S/C23H27N3O2/c1-16-11-12-21(13-17(16)2)28-15-23(27)26(20-9-7-6-8-10-20)14-22-18(3)24-25(5)19(22)4/h6-13H,14-15H2,1-5H3. The van der Waals surface area contributed by atoms with Crippen LogP contribution in [0.2, 0.25) is 0 Å². The van der Waals surface area contributed by atoms with Gasteiger partial charge in [-0.2, -0.15) is 5.10 Å². The van der Waals surface area contributed by atoms with E-state index in [1.54, 1.807) is 4.90 Å². The normalized spacial score (nSPS) is 10.8. The zero-order chi connectivity index (χ0) is 20.3. The van der Waals surface area contributed by atoms with E-state index in [1.807, 2.05) is 81.0 Å². The van der Waals surface area contributed by atoms with Gasteiger partial charge in [0.1, 0.15) is 5.75 Å². The Labute approximate surface area is 166 Å². The molecule has 0 spiro atoms. The lowest BCUT2D eigenvalue weighted by Crippen LogP contribution is -2.34. The number of anilines is 1. The molecule has 0 fully saturated rings. The van der Waals surface area contributed by atoms with Crippen LogP contribution < -0.4 is 9.64 Å². The Morgan fingerprint density at radius 1 is 1.04 bits per heavy atom. The van der Waals surface area contributed by atoms with Gasteiger partial charge in [-0.1, -0.05) is 24.3 Å². The molecule has 0 aliphatic carbocycles. The summed E-state index contributed by atoms with van der Waals surface area (Å²) in [5, 5.41) is 4.48. The number of rotatable bonds is 6. The molecule has 0 aliphatic rings. The van der Waals surface area contributed by atoms with E-state index < -0.39 is 0 Å². The molecule has 0 N–H and O–H groups in total. The molecule has 0 aliphatic heterocycles. The number of carbonyl (C=O) groups is 1. The third-order valence-electron chi connectivity index (χ3n) is 5.18. The molecule has 28 heavy (non-hydrogen) atoms. The van der Waals surface area contributed by atoms with Gasteiger partial charge in [0.2, 0.25) is 0 Å². The van der Waals surface area contributed by atoms with E-state index in [-0.39, 0.29) is 12.5 Å². The predicted octanol–water partition coefficient (Wildman–Crippen LogP) is 4.27. The maximum atomic E-state index is 13.1. The molecule has 0 saturated heterocycles. The number of aromatic nitrogens is 2. The van der Waals surface area contributed by atoms with Crippen molar-refractivity contribution in [1.29, 1.82) is 0 Å². The van der Waals surface area contributed by atoms with Gasteiger partial charge in [-0.25, -0.2) is 0 Å². The van der Waals surface area contributed by atoms with Gasteiger partial charge in [-0.3, -0.25) is 9.48 Å². The Bertz CT molecular complexity index is 977. The molecule has 0 unspecified atom stereocenters. The molecule has 3 aromatic rings. The van der Waals surface area contributed by atoms with Gasteiger partial charge >= 0.3 is 0 Å². The lowest BCUT2D eigenvalue weighted by Gasteiger charge is -2.23. The van der Waals surface area contributed by atoms with Crippen LogP contribution in [0.4, 0.5) is 5.69 Å². The molecule has 0 bridgehead atoms. The molecule has 0 radical (unpaired) electrons. The largest absolute Gasteiger partial charge is 0.484 e. The first kappa shape index (κ1) is 19.7.